The van der Waals surface area contributed by atoms with E-state index in [-0.39, 0.29) is 23.4 Å². The molecule has 0 radical (unpaired) electrons. The third-order valence-electron chi connectivity index (χ3n) is 6.36. The van der Waals surface area contributed by atoms with Crippen molar-refractivity contribution >= 4 is 56.1 Å². The van der Waals surface area contributed by atoms with Gasteiger partial charge in [-0.3, -0.25) is 18.7 Å². The van der Waals surface area contributed by atoms with Crippen LogP contribution in [-0.2, 0) is 30.8 Å². The molecule has 1 aliphatic rings. The molecule has 0 saturated carbocycles. The lowest BCUT2D eigenvalue weighted by Gasteiger charge is -2.35. The molecule has 5 N–H and O–H groups in total. The van der Waals surface area contributed by atoms with Gasteiger partial charge in [0, 0.05) is 11.3 Å². The van der Waals surface area contributed by atoms with Gasteiger partial charge in [0.15, 0.2) is 0 Å². The molecule has 1 aliphatic heterocycles. The minimum absolute atomic E-state index is 0.189. The van der Waals surface area contributed by atoms with E-state index in [4.69, 9.17) is 5.73 Å². The van der Waals surface area contributed by atoms with E-state index in [0.717, 1.165) is 10.6 Å². The van der Waals surface area contributed by atoms with Gasteiger partial charge in [-0.05, 0) is 73.5 Å². The number of carboxylic acid groups (broad SMARTS) is 1. The Hall–Kier alpha value is -4.71. The van der Waals surface area contributed by atoms with Gasteiger partial charge >= 0.3 is 5.97 Å². The van der Waals surface area contributed by atoms with Crippen LogP contribution in [0.25, 0.3) is 11.3 Å². The number of aliphatic carboxylic acids is 1. The third-order valence-corrected chi connectivity index (χ3v) is 7.69. The Balaban J connectivity index is 1.83. The summed E-state index contributed by atoms with van der Waals surface area (Å²) in [6.45, 7) is 2.79. The number of anilines is 3. The molecule has 0 bridgehead atoms. The summed E-state index contributed by atoms with van der Waals surface area (Å²) >= 11 is 0. The predicted molar refractivity (Wildman–Crippen MR) is 150 cm³/mol. The predicted octanol–water partition coefficient (Wildman–Crippen LogP) is 3.42. The van der Waals surface area contributed by atoms with E-state index in [9.17, 15) is 32.3 Å². The molecular formula is C28H27FN4O6S. The van der Waals surface area contributed by atoms with Crippen molar-refractivity contribution in [3.8, 4) is 0 Å². The average Bonchev–Trinajstić information content (AvgIpc) is 3.16. The van der Waals surface area contributed by atoms with Gasteiger partial charge in [0.2, 0.25) is 15.9 Å². The molecule has 0 atom stereocenters. The van der Waals surface area contributed by atoms with Crippen molar-refractivity contribution in [2.45, 2.75) is 25.8 Å². The van der Waals surface area contributed by atoms with E-state index >= 15 is 0 Å². The van der Waals surface area contributed by atoms with Crippen molar-refractivity contribution in [2.24, 2.45) is 5.73 Å². The normalized spacial score (nSPS) is 14.2. The van der Waals surface area contributed by atoms with Gasteiger partial charge in [-0.2, -0.15) is 0 Å². The van der Waals surface area contributed by atoms with E-state index in [1.54, 1.807) is 36.4 Å². The maximum Gasteiger partial charge on any atom is 0.307 e. The van der Waals surface area contributed by atoms with Crippen LogP contribution in [0.5, 0.6) is 0 Å². The second-order valence-electron chi connectivity index (χ2n) is 9.79. The van der Waals surface area contributed by atoms with Crippen LogP contribution < -0.4 is 20.7 Å². The monoisotopic (exact) mass is 566 g/mol. The number of nitrogens with zero attached hydrogens (tertiary/aromatic N) is 1. The molecule has 3 aromatic rings. The second kappa shape index (κ2) is 10.5. The van der Waals surface area contributed by atoms with Crippen LogP contribution in [0.15, 0.2) is 66.7 Å². The summed E-state index contributed by atoms with van der Waals surface area (Å²) in [4.78, 5) is 36.5. The number of nitrogens with two attached hydrogens (primary N) is 1. The molecule has 10 nitrogen and oxygen atoms in total. The zero-order chi connectivity index (χ0) is 29.4. The van der Waals surface area contributed by atoms with Gasteiger partial charge in [-0.15, -0.1) is 0 Å². The minimum atomic E-state index is -3.90. The van der Waals surface area contributed by atoms with Crippen molar-refractivity contribution in [1.82, 2.24) is 0 Å². The number of carbonyl (C=O) groups excluding carboxylic acids is 2. The van der Waals surface area contributed by atoms with Crippen molar-refractivity contribution in [1.29, 1.82) is 0 Å². The first-order valence-corrected chi connectivity index (χ1v) is 13.9. The second-order valence-corrected chi connectivity index (χ2v) is 11.6. The highest BCUT2D eigenvalue weighted by molar-refractivity contribution is 7.92. The van der Waals surface area contributed by atoms with Crippen LogP contribution in [0.4, 0.5) is 21.5 Å². The van der Waals surface area contributed by atoms with E-state index < -0.39 is 39.2 Å². The molecule has 12 heteroatoms. The Labute approximate surface area is 230 Å². The molecule has 0 unspecified atom stereocenters. The number of halogens is 1. The number of hydrogen-bond acceptors (Lipinski definition) is 6. The Morgan fingerprint density at radius 2 is 1.75 bits per heavy atom. The number of rotatable bonds is 9. The fourth-order valence-electron chi connectivity index (χ4n) is 4.54. The number of nitrogens with one attached hydrogen (secondary N) is 2. The molecule has 0 spiro atoms. The number of benzene rings is 3. The summed E-state index contributed by atoms with van der Waals surface area (Å²) < 4.78 is 39.9. The zero-order valence-corrected chi connectivity index (χ0v) is 22.7. The maximum atomic E-state index is 13.9. The highest BCUT2D eigenvalue weighted by atomic mass is 32.2. The van der Waals surface area contributed by atoms with Crippen LogP contribution in [0.3, 0.4) is 0 Å². The Kier molecular flexibility index (Phi) is 7.40. The average molecular weight is 567 g/mol. The van der Waals surface area contributed by atoms with Crippen LogP contribution in [-0.4, -0.2) is 43.1 Å². The standard InChI is InChI=1S/C28H27FN4O6S/c1-28(2,27(30)37)33(40(3,38)39)20-10-8-19(9-11-20)31-25(17-6-4-5-16(13-17)14-23(34)35)24-21-12-7-18(29)15-22(21)32-26(24)36/h4-13,15,31H,14H2,1-3H3,(H2,30,37)(H,32,36)(H,34,35)/b25-24-. The van der Waals surface area contributed by atoms with Crippen LogP contribution >= 0.6 is 0 Å². The van der Waals surface area contributed by atoms with Gasteiger partial charge < -0.3 is 21.5 Å². The van der Waals surface area contributed by atoms with Gasteiger partial charge in [0.05, 0.1) is 35.3 Å². The maximum absolute atomic E-state index is 13.9. The fraction of sp³-hybridized carbons (Fsp3) is 0.179. The summed E-state index contributed by atoms with van der Waals surface area (Å²) in [6.07, 6.45) is 0.728. The van der Waals surface area contributed by atoms with E-state index in [0.29, 0.717) is 28.1 Å². The SMILES string of the molecule is CC(C)(C(N)=O)N(c1ccc(N/C(=C2\C(=O)Nc3cc(F)ccc32)c2cccc(CC(=O)O)c2)cc1)S(C)(=O)=O. The minimum Gasteiger partial charge on any atom is -0.481 e. The molecule has 2 amide bonds. The van der Waals surface area contributed by atoms with Crippen LogP contribution in [0.2, 0.25) is 0 Å². The summed E-state index contributed by atoms with van der Waals surface area (Å²) in [5.74, 6) is -2.88. The number of carboxylic acids is 1. The smallest absolute Gasteiger partial charge is 0.307 e. The number of sulfonamides is 1. The topological polar surface area (TPSA) is 159 Å². The molecule has 0 fully saturated rings. The lowest BCUT2D eigenvalue weighted by molar-refractivity contribution is -0.136. The highest BCUT2D eigenvalue weighted by Crippen LogP contribution is 2.38. The van der Waals surface area contributed by atoms with Gasteiger partial charge in [-0.25, -0.2) is 12.8 Å². The quantitative estimate of drug-likeness (QED) is 0.289. The van der Waals surface area contributed by atoms with E-state index in [1.165, 1.54) is 44.2 Å². The Morgan fingerprint density at radius 3 is 2.35 bits per heavy atom. The highest BCUT2D eigenvalue weighted by Gasteiger charge is 2.39. The number of amides is 2. The number of primary amides is 1. The van der Waals surface area contributed by atoms with Crippen molar-refractivity contribution < 1.29 is 32.3 Å². The van der Waals surface area contributed by atoms with Crippen LogP contribution in [0.1, 0.15) is 30.5 Å². The first-order chi connectivity index (χ1) is 18.7. The summed E-state index contributed by atoms with van der Waals surface area (Å²) in [6, 6.07) is 16.6. The zero-order valence-electron chi connectivity index (χ0n) is 21.9. The summed E-state index contributed by atoms with van der Waals surface area (Å²) in [5, 5.41) is 15.1. The van der Waals surface area contributed by atoms with Crippen LogP contribution in [0, 0.1) is 5.82 Å². The lowest BCUT2D eigenvalue weighted by atomic mass is 9.98. The molecule has 3 aromatic carbocycles. The number of carbonyl (C=O) groups is 3. The molecule has 40 heavy (non-hydrogen) atoms. The van der Waals surface area contributed by atoms with Crippen molar-refractivity contribution in [2.75, 3.05) is 21.2 Å². The molecule has 208 valence electrons. The molecule has 1 heterocycles. The molecular weight excluding hydrogens is 539 g/mol. The molecule has 0 aliphatic carbocycles. The first kappa shape index (κ1) is 28.3. The van der Waals surface area contributed by atoms with Crippen molar-refractivity contribution in [3.05, 3.63) is 89.2 Å². The number of hydrogen-bond donors (Lipinski definition) is 4. The number of fused-ring (bicyclic) bond motifs is 1. The van der Waals surface area contributed by atoms with Crippen molar-refractivity contribution in [3.63, 3.8) is 0 Å². The van der Waals surface area contributed by atoms with E-state index in [2.05, 4.69) is 10.6 Å². The summed E-state index contributed by atoms with van der Waals surface area (Å²) in [5.41, 5.74) is 6.81. The molecule has 0 saturated heterocycles. The van der Waals surface area contributed by atoms with Gasteiger partial charge in [0.25, 0.3) is 5.91 Å². The fourth-order valence-corrected chi connectivity index (χ4v) is 5.96. The molecule has 0 aromatic heterocycles. The van der Waals surface area contributed by atoms with E-state index in [1.807, 2.05) is 0 Å². The lowest BCUT2D eigenvalue weighted by Crippen LogP contribution is -2.55. The van der Waals surface area contributed by atoms with Gasteiger partial charge in [0.1, 0.15) is 11.4 Å². The molecule has 4 rings (SSSR count). The third kappa shape index (κ3) is 5.66. The first-order valence-electron chi connectivity index (χ1n) is 12.0. The van der Waals surface area contributed by atoms with Gasteiger partial charge in [-0.1, -0.05) is 18.2 Å². The Bertz CT molecular complexity index is 1670. The largest absolute Gasteiger partial charge is 0.481 e. The Morgan fingerprint density at radius 1 is 1.07 bits per heavy atom. The summed E-state index contributed by atoms with van der Waals surface area (Å²) in [7, 11) is -3.90.